The van der Waals surface area contributed by atoms with E-state index in [1.165, 1.54) is 12.3 Å². The van der Waals surface area contributed by atoms with Crippen LogP contribution in [0.15, 0.2) is 30.6 Å². The van der Waals surface area contributed by atoms with Gasteiger partial charge in [0.1, 0.15) is 29.0 Å². The average molecular weight is 297 g/mol. The van der Waals surface area contributed by atoms with Gasteiger partial charge in [-0.05, 0) is 30.7 Å². The van der Waals surface area contributed by atoms with Crippen LogP contribution >= 0.6 is 0 Å². The summed E-state index contributed by atoms with van der Waals surface area (Å²) in [7, 11) is 0. The van der Waals surface area contributed by atoms with Crippen LogP contribution in [-0.2, 0) is 6.18 Å². The molecule has 0 amide bonds. The maximum atomic E-state index is 11.8. The Bertz CT molecular complexity index is 649. The van der Waals surface area contributed by atoms with Crippen LogP contribution in [0.5, 0.6) is 11.5 Å². The number of aromatic hydroxyl groups is 2. The molecule has 0 atom stereocenters. The molecule has 0 radical (unpaired) electrons. The molecule has 110 valence electrons. The average Bonchev–Trinajstić information content (AvgIpc) is 2.39. The lowest BCUT2D eigenvalue weighted by molar-refractivity contribution is -0.141. The largest absolute Gasteiger partial charge is 0.506 e. The molecule has 2 rings (SSSR count). The number of aromatic nitrogens is 2. The van der Waals surface area contributed by atoms with Gasteiger partial charge in [-0.2, -0.15) is 18.4 Å². The standard InChI is InChI=1S/C7H6N2O.C6H4F3NO/c1-5-2-6(10)4-9-7(5)3-8;7-6(8,9)5-2-1-4(11)3-10-5/h2,4,10H,1H3;1-3,11H. The zero-order valence-electron chi connectivity index (χ0n) is 10.8. The molecule has 0 bridgehead atoms. The summed E-state index contributed by atoms with van der Waals surface area (Å²) in [5.41, 5.74) is 0.0515. The highest BCUT2D eigenvalue weighted by molar-refractivity contribution is 5.34. The maximum absolute atomic E-state index is 11.8. The van der Waals surface area contributed by atoms with E-state index < -0.39 is 11.9 Å². The maximum Gasteiger partial charge on any atom is 0.433 e. The van der Waals surface area contributed by atoms with Crippen molar-refractivity contribution >= 4 is 0 Å². The summed E-state index contributed by atoms with van der Waals surface area (Å²) in [4.78, 5) is 6.66. The van der Waals surface area contributed by atoms with Crippen molar-refractivity contribution in [1.29, 1.82) is 5.26 Å². The van der Waals surface area contributed by atoms with Gasteiger partial charge in [-0.15, -0.1) is 0 Å². The van der Waals surface area contributed by atoms with E-state index in [1.807, 2.05) is 6.07 Å². The van der Waals surface area contributed by atoms with Gasteiger partial charge in [0.25, 0.3) is 0 Å². The summed E-state index contributed by atoms with van der Waals surface area (Å²) >= 11 is 0. The summed E-state index contributed by atoms with van der Waals surface area (Å²) in [6, 6.07) is 5.06. The summed E-state index contributed by atoms with van der Waals surface area (Å²) in [6.45, 7) is 1.73. The smallest absolute Gasteiger partial charge is 0.433 e. The molecule has 0 fully saturated rings. The number of nitrogens with zero attached hydrogens (tertiary/aromatic N) is 3. The number of pyridine rings is 2. The van der Waals surface area contributed by atoms with Gasteiger partial charge in [0.15, 0.2) is 0 Å². The molecule has 0 saturated carbocycles. The molecule has 5 nitrogen and oxygen atoms in total. The minimum atomic E-state index is -4.44. The van der Waals surface area contributed by atoms with Gasteiger partial charge < -0.3 is 10.2 Å². The molecule has 0 aliphatic carbocycles. The van der Waals surface area contributed by atoms with E-state index in [9.17, 15) is 13.2 Å². The highest BCUT2D eigenvalue weighted by atomic mass is 19.4. The summed E-state index contributed by atoms with van der Waals surface area (Å²) in [5, 5.41) is 25.9. The van der Waals surface area contributed by atoms with Crippen molar-refractivity contribution in [3.05, 3.63) is 47.5 Å². The molecule has 21 heavy (non-hydrogen) atoms. The van der Waals surface area contributed by atoms with Crippen LogP contribution < -0.4 is 0 Å². The van der Waals surface area contributed by atoms with E-state index in [-0.39, 0.29) is 11.5 Å². The molecule has 0 unspecified atom stereocenters. The first-order chi connectivity index (χ1) is 9.74. The van der Waals surface area contributed by atoms with Gasteiger partial charge in [0.2, 0.25) is 0 Å². The molecular formula is C13H10F3N3O2. The Labute approximate surface area is 118 Å². The summed E-state index contributed by atoms with van der Waals surface area (Å²) < 4.78 is 35.3. The Kier molecular flexibility index (Phi) is 5.07. The molecule has 2 N–H and O–H groups in total. The zero-order valence-corrected chi connectivity index (χ0v) is 10.8. The molecule has 2 aromatic heterocycles. The number of nitriles is 1. The number of halogens is 3. The fraction of sp³-hybridized carbons (Fsp3) is 0.154. The fourth-order valence-electron chi connectivity index (χ4n) is 1.23. The predicted octanol–water partition coefficient (Wildman–Crippen LogP) is 2.77. The molecule has 2 aromatic rings. The zero-order chi connectivity index (χ0) is 16.0. The summed E-state index contributed by atoms with van der Waals surface area (Å²) in [5.74, 6) is -0.186. The number of alkyl halides is 3. The molecule has 0 aromatic carbocycles. The molecule has 2 heterocycles. The first kappa shape index (κ1) is 16.2. The third-order valence-electron chi connectivity index (χ3n) is 2.21. The van der Waals surface area contributed by atoms with Crippen molar-refractivity contribution in [3.8, 4) is 17.6 Å². The van der Waals surface area contributed by atoms with Crippen LogP contribution in [0.1, 0.15) is 17.0 Å². The first-order valence-corrected chi connectivity index (χ1v) is 5.52. The van der Waals surface area contributed by atoms with Crippen molar-refractivity contribution in [2.45, 2.75) is 13.1 Å². The first-order valence-electron chi connectivity index (χ1n) is 5.52. The Morgan fingerprint density at radius 3 is 2.14 bits per heavy atom. The third-order valence-corrected chi connectivity index (χ3v) is 2.21. The van der Waals surface area contributed by atoms with Crippen LogP contribution in [0, 0.1) is 18.3 Å². The predicted molar refractivity (Wildman–Crippen MR) is 66.3 cm³/mol. The lowest BCUT2D eigenvalue weighted by Crippen LogP contribution is -2.06. The van der Waals surface area contributed by atoms with E-state index in [0.717, 1.165) is 18.3 Å². The normalized spacial score (nSPS) is 10.2. The molecular weight excluding hydrogens is 287 g/mol. The Morgan fingerprint density at radius 2 is 1.71 bits per heavy atom. The third kappa shape index (κ3) is 4.99. The minimum absolute atomic E-state index is 0.0940. The molecule has 0 spiro atoms. The second-order valence-corrected chi connectivity index (χ2v) is 3.87. The minimum Gasteiger partial charge on any atom is -0.506 e. The van der Waals surface area contributed by atoms with Gasteiger partial charge >= 0.3 is 6.18 Å². The monoisotopic (exact) mass is 297 g/mol. The van der Waals surface area contributed by atoms with Crippen molar-refractivity contribution in [1.82, 2.24) is 9.97 Å². The molecule has 0 saturated heterocycles. The fourth-order valence-corrected chi connectivity index (χ4v) is 1.23. The van der Waals surface area contributed by atoms with Crippen LogP contribution in [0.3, 0.4) is 0 Å². The number of hydrogen-bond donors (Lipinski definition) is 2. The number of rotatable bonds is 0. The quantitative estimate of drug-likeness (QED) is 0.780. The Hall–Kier alpha value is -2.82. The second-order valence-electron chi connectivity index (χ2n) is 3.87. The van der Waals surface area contributed by atoms with E-state index in [1.54, 1.807) is 6.92 Å². The van der Waals surface area contributed by atoms with E-state index >= 15 is 0 Å². The Balaban J connectivity index is 0.000000211. The van der Waals surface area contributed by atoms with Crippen LogP contribution in [0.4, 0.5) is 13.2 Å². The van der Waals surface area contributed by atoms with Crippen LogP contribution in [0.2, 0.25) is 0 Å². The molecule has 0 aliphatic rings. The summed E-state index contributed by atoms with van der Waals surface area (Å²) in [6.07, 6.45) is -2.43. The van der Waals surface area contributed by atoms with Crippen molar-refractivity contribution in [3.63, 3.8) is 0 Å². The Morgan fingerprint density at radius 1 is 1.10 bits per heavy atom. The molecule has 0 aliphatic heterocycles. The van der Waals surface area contributed by atoms with Gasteiger partial charge in [-0.25, -0.2) is 9.97 Å². The van der Waals surface area contributed by atoms with Crippen molar-refractivity contribution in [2.24, 2.45) is 0 Å². The molecule has 8 heteroatoms. The van der Waals surface area contributed by atoms with Crippen molar-refractivity contribution in [2.75, 3.05) is 0 Å². The lowest BCUT2D eigenvalue weighted by atomic mass is 10.2. The second kappa shape index (κ2) is 6.56. The van der Waals surface area contributed by atoms with Crippen LogP contribution in [-0.4, -0.2) is 20.2 Å². The topological polar surface area (TPSA) is 90.0 Å². The van der Waals surface area contributed by atoms with Gasteiger partial charge in [-0.3, -0.25) is 0 Å². The lowest BCUT2D eigenvalue weighted by Gasteiger charge is -2.03. The SMILES string of the molecule is Cc1cc(O)cnc1C#N.Oc1ccc(C(F)(F)F)nc1. The number of aryl methyl sites for hydroxylation is 1. The van der Waals surface area contributed by atoms with Crippen LogP contribution in [0.25, 0.3) is 0 Å². The van der Waals surface area contributed by atoms with E-state index in [0.29, 0.717) is 11.3 Å². The number of hydrogen-bond acceptors (Lipinski definition) is 5. The van der Waals surface area contributed by atoms with Crippen molar-refractivity contribution < 1.29 is 23.4 Å². The van der Waals surface area contributed by atoms with E-state index in [4.69, 9.17) is 15.5 Å². The highest BCUT2D eigenvalue weighted by Gasteiger charge is 2.31. The van der Waals surface area contributed by atoms with Gasteiger partial charge in [0.05, 0.1) is 12.4 Å². The highest BCUT2D eigenvalue weighted by Crippen LogP contribution is 2.27. The van der Waals surface area contributed by atoms with Gasteiger partial charge in [-0.1, -0.05) is 0 Å². The van der Waals surface area contributed by atoms with E-state index in [2.05, 4.69) is 9.97 Å². The van der Waals surface area contributed by atoms with Gasteiger partial charge in [0, 0.05) is 0 Å².